The maximum absolute atomic E-state index is 3.67. The van der Waals surface area contributed by atoms with Crippen molar-refractivity contribution in [3.05, 3.63) is 34.9 Å². The molecule has 0 atom stereocenters. The Morgan fingerprint density at radius 3 is 2.29 bits per heavy atom. The Hall–Kier alpha value is -0.820. The lowest BCUT2D eigenvalue weighted by Crippen LogP contribution is -2.29. The van der Waals surface area contributed by atoms with E-state index >= 15 is 0 Å². The van der Waals surface area contributed by atoms with Gasteiger partial charge in [0.2, 0.25) is 0 Å². The molecule has 1 aromatic rings. The van der Waals surface area contributed by atoms with Gasteiger partial charge in [0.25, 0.3) is 0 Å². The number of benzene rings is 1. The van der Waals surface area contributed by atoms with Gasteiger partial charge >= 0.3 is 0 Å². The second-order valence-corrected chi connectivity index (χ2v) is 5.99. The van der Waals surface area contributed by atoms with Gasteiger partial charge in [-0.1, -0.05) is 38.0 Å². The number of nitrogens with one attached hydrogen (secondary N) is 1. The van der Waals surface area contributed by atoms with Gasteiger partial charge in [-0.3, -0.25) is 0 Å². The fourth-order valence-corrected chi connectivity index (χ4v) is 3.02. The predicted molar refractivity (Wildman–Crippen MR) is 74.2 cm³/mol. The minimum atomic E-state index is 0.552. The average Bonchev–Trinajstić information content (AvgIpc) is 2.70. The lowest BCUT2D eigenvalue weighted by molar-refractivity contribution is 0.314. The second kappa shape index (κ2) is 5.22. The number of aryl methyl sites for hydroxylation is 2. The van der Waals surface area contributed by atoms with Crippen molar-refractivity contribution in [1.82, 2.24) is 5.32 Å². The monoisotopic (exact) mass is 231 g/mol. The normalized spacial score (nSPS) is 18.5. The van der Waals surface area contributed by atoms with Crippen LogP contribution in [0.15, 0.2) is 18.2 Å². The van der Waals surface area contributed by atoms with Crippen LogP contribution in [-0.4, -0.2) is 6.54 Å². The summed E-state index contributed by atoms with van der Waals surface area (Å²) in [7, 11) is 0. The fraction of sp³-hybridized carbons (Fsp3) is 0.625. The first-order valence-corrected chi connectivity index (χ1v) is 6.87. The molecule has 1 heteroatoms. The Bertz CT molecular complexity index is 355. The molecule has 0 saturated heterocycles. The van der Waals surface area contributed by atoms with Gasteiger partial charge in [0.05, 0.1) is 0 Å². The molecule has 0 unspecified atom stereocenters. The summed E-state index contributed by atoms with van der Waals surface area (Å²) in [5.74, 6) is 0. The van der Waals surface area contributed by atoms with Gasteiger partial charge in [0.15, 0.2) is 0 Å². The Balaban J connectivity index is 1.90. The van der Waals surface area contributed by atoms with Crippen LogP contribution in [0.1, 0.15) is 49.3 Å². The molecule has 0 amide bonds. The van der Waals surface area contributed by atoms with Crippen molar-refractivity contribution in [3.8, 4) is 0 Å². The molecule has 17 heavy (non-hydrogen) atoms. The van der Waals surface area contributed by atoms with Crippen LogP contribution in [0.25, 0.3) is 0 Å². The van der Waals surface area contributed by atoms with Crippen molar-refractivity contribution >= 4 is 0 Å². The van der Waals surface area contributed by atoms with Crippen LogP contribution < -0.4 is 5.32 Å². The van der Waals surface area contributed by atoms with Gasteiger partial charge in [-0.15, -0.1) is 0 Å². The zero-order chi connectivity index (χ0) is 12.3. The molecule has 1 fully saturated rings. The third-order valence-corrected chi connectivity index (χ3v) is 4.31. The topological polar surface area (TPSA) is 12.0 Å². The second-order valence-electron chi connectivity index (χ2n) is 5.99. The third kappa shape index (κ3) is 3.10. The van der Waals surface area contributed by atoms with Gasteiger partial charge in [0.1, 0.15) is 0 Å². The summed E-state index contributed by atoms with van der Waals surface area (Å²) in [6.45, 7) is 9.04. The molecule has 1 nitrogen and oxygen atoms in total. The quantitative estimate of drug-likeness (QED) is 0.826. The molecule has 94 valence electrons. The predicted octanol–water partition coefficient (Wildman–Crippen LogP) is 3.97. The maximum atomic E-state index is 3.67. The highest BCUT2D eigenvalue weighted by Gasteiger charge is 2.27. The highest BCUT2D eigenvalue weighted by atomic mass is 14.9. The van der Waals surface area contributed by atoms with E-state index in [-0.39, 0.29) is 0 Å². The molecule has 0 heterocycles. The van der Waals surface area contributed by atoms with Crippen molar-refractivity contribution in [2.45, 2.75) is 53.0 Å². The lowest BCUT2D eigenvalue weighted by atomic mass is 9.89. The van der Waals surface area contributed by atoms with Crippen molar-refractivity contribution in [2.75, 3.05) is 6.54 Å². The zero-order valence-corrected chi connectivity index (χ0v) is 11.5. The molecule has 0 aromatic heterocycles. The number of hydrogen-bond acceptors (Lipinski definition) is 1. The van der Waals surface area contributed by atoms with Crippen LogP contribution in [0.4, 0.5) is 0 Å². The van der Waals surface area contributed by atoms with Crippen molar-refractivity contribution in [1.29, 1.82) is 0 Å². The van der Waals surface area contributed by atoms with E-state index in [1.807, 2.05) is 0 Å². The van der Waals surface area contributed by atoms with E-state index in [2.05, 4.69) is 44.3 Å². The molecular weight excluding hydrogens is 206 g/mol. The van der Waals surface area contributed by atoms with E-state index in [0.717, 1.165) is 6.54 Å². The maximum Gasteiger partial charge on any atom is 0.0210 e. The van der Waals surface area contributed by atoms with Gasteiger partial charge < -0.3 is 5.32 Å². The first-order valence-electron chi connectivity index (χ1n) is 6.87. The first-order chi connectivity index (χ1) is 8.11. The molecule has 2 rings (SSSR count). The van der Waals surface area contributed by atoms with Crippen LogP contribution >= 0.6 is 0 Å². The van der Waals surface area contributed by atoms with E-state index in [0.29, 0.717) is 5.41 Å². The summed E-state index contributed by atoms with van der Waals surface area (Å²) in [5, 5.41) is 3.67. The molecule has 1 aliphatic carbocycles. The van der Waals surface area contributed by atoms with Gasteiger partial charge in [0, 0.05) is 13.1 Å². The van der Waals surface area contributed by atoms with Gasteiger partial charge in [-0.2, -0.15) is 0 Å². The summed E-state index contributed by atoms with van der Waals surface area (Å²) >= 11 is 0. The van der Waals surface area contributed by atoms with Crippen molar-refractivity contribution in [2.24, 2.45) is 5.41 Å². The molecular formula is C16H25N. The zero-order valence-electron chi connectivity index (χ0n) is 11.5. The fourth-order valence-electron chi connectivity index (χ4n) is 3.02. The smallest absolute Gasteiger partial charge is 0.0210 e. The molecule has 1 N–H and O–H groups in total. The van der Waals surface area contributed by atoms with Crippen LogP contribution in [0.5, 0.6) is 0 Å². The van der Waals surface area contributed by atoms with Crippen LogP contribution in [0.2, 0.25) is 0 Å². The minimum absolute atomic E-state index is 0.552. The van der Waals surface area contributed by atoms with Crippen LogP contribution in [0, 0.1) is 19.3 Å². The standard InChI is InChI=1S/C16H25N/c1-13-7-6-8-14(2)15(13)11-17-12-16(3)9-4-5-10-16/h6-8,17H,4-5,9-12H2,1-3H3. The van der Waals surface area contributed by atoms with Crippen LogP contribution in [0.3, 0.4) is 0 Å². The average molecular weight is 231 g/mol. The molecule has 0 radical (unpaired) electrons. The largest absolute Gasteiger partial charge is 0.312 e. The van der Waals surface area contributed by atoms with Gasteiger partial charge in [-0.05, 0) is 48.8 Å². The Kier molecular flexibility index (Phi) is 3.88. The summed E-state index contributed by atoms with van der Waals surface area (Å²) in [6, 6.07) is 6.56. The van der Waals surface area contributed by atoms with Gasteiger partial charge in [-0.25, -0.2) is 0 Å². The molecule has 1 saturated carbocycles. The van der Waals surface area contributed by atoms with Crippen LogP contribution in [-0.2, 0) is 6.54 Å². The minimum Gasteiger partial charge on any atom is -0.312 e. The Morgan fingerprint density at radius 1 is 1.12 bits per heavy atom. The highest BCUT2D eigenvalue weighted by Crippen LogP contribution is 2.36. The van der Waals surface area contributed by atoms with E-state index in [1.165, 1.54) is 48.9 Å². The van der Waals surface area contributed by atoms with Crippen molar-refractivity contribution < 1.29 is 0 Å². The molecule has 0 bridgehead atoms. The summed E-state index contributed by atoms with van der Waals surface area (Å²) in [5.41, 5.74) is 4.86. The van der Waals surface area contributed by atoms with Crippen molar-refractivity contribution in [3.63, 3.8) is 0 Å². The SMILES string of the molecule is Cc1cccc(C)c1CNCC1(C)CCCC1. The number of rotatable bonds is 4. The molecule has 0 spiro atoms. The summed E-state index contributed by atoms with van der Waals surface area (Å²) in [4.78, 5) is 0. The molecule has 1 aliphatic rings. The van der Waals surface area contributed by atoms with E-state index < -0.39 is 0 Å². The van der Waals surface area contributed by atoms with E-state index in [9.17, 15) is 0 Å². The molecule has 0 aliphatic heterocycles. The Labute approximate surface area is 106 Å². The summed E-state index contributed by atoms with van der Waals surface area (Å²) < 4.78 is 0. The Morgan fingerprint density at radius 2 is 1.71 bits per heavy atom. The first kappa shape index (κ1) is 12.6. The summed E-state index contributed by atoms with van der Waals surface area (Å²) in [6.07, 6.45) is 5.63. The number of hydrogen-bond donors (Lipinski definition) is 1. The third-order valence-electron chi connectivity index (χ3n) is 4.31. The van der Waals surface area contributed by atoms with E-state index in [4.69, 9.17) is 0 Å². The highest BCUT2D eigenvalue weighted by molar-refractivity contribution is 5.33. The van der Waals surface area contributed by atoms with E-state index in [1.54, 1.807) is 0 Å². The molecule has 1 aromatic carbocycles. The lowest BCUT2D eigenvalue weighted by Gasteiger charge is -2.24.